The van der Waals surface area contributed by atoms with Gasteiger partial charge in [0, 0.05) is 6.61 Å². The summed E-state index contributed by atoms with van der Waals surface area (Å²) in [5.74, 6) is 0. The molecule has 9 heavy (non-hydrogen) atoms. The lowest BCUT2D eigenvalue weighted by Gasteiger charge is -1.97. The highest BCUT2D eigenvalue weighted by atomic mass is 16.6. The van der Waals surface area contributed by atoms with Crippen LogP contribution in [0.4, 0.5) is 0 Å². The minimum absolute atomic E-state index is 0.698. The molecule has 0 radical (unpaired) electrons. The van der Waals surface area contributed by atoms with Crippen molar-refractivity contribution in [3.63, 3.8) is 0 Å². The van der Waals surface area contributed by atoms with E-state index in [0.717, 1.165) is 6.61 Å². The van der Waals surface area contributed by atoms with E-state index in [4.69, 9.17) is 4.74 Å². The first-order valence-electron chi connectivity index (χ1n) is 3.60. The Kier molecular flexibility index (Phi) is 7.44. The number of unbranched alkanes of at least 4 members (excludes halogenated alkanes) is 2. The summed E-state index contributed by atoms with van der Waals surface area (Å²) in [5.41, 5.74) is 0. The second kappa shape index (κ2) is 7.70. The van der Waals surface area contributed by atoms with Gasteiger partial charge in [-0.1, -0.05) is 25.8 Å². The van der Waals surface area contributed by atoms with Gasteiger partial charge in [0.1, 0.15) is 0 Å². The van der Waals surface area contributed by atoms with E-state index in [-0.39, 0.29) is 0 Å². The van der Waals surface area contributed by atoms with E-state index in [2.05, 4.69) is 13.5 Å². The van der Waals surface area contributed by atoms with Gasteiger partial charge in [-0.25, -0.2) is 0 Å². The Hall–Kier alpha value is -0.300. The van der Waals surface area contributed by atoms with Crippen LogP contribution in [0.15, 0.2) is 12.7 Å². The maximum absolute atomic E-state index is 5.17. The van der Waals surface area contributed by atoms with Crippen LogP contribution in [-0.4, -0.2) is 13.2 Å². The predicted molar refractivity (Wildman–Crippen MR) is 40.5 cm³/mol. The van der Waals surface area contributed by atoms with Crippen molar-refractivity contribution >= 4 is 0 Å². The van der Waals surface area contributed by atoms with E-state index >= 15 is 0 Å². The summed E-state index contributed by atoms with van der Waals surface area (Å²) in [6, 6.07) is 0. The van der Waals surface area contributed by atoms with E-state index < -0.39 is 0 Å². The molecule has 0 heterocycles. The third-order valence-corrected chi connectivity index (χ3v) is 1.13. The number of hydrogen-bond acceptors (Lipinski definition) is 1. The maximum atomic E-state index is 5.17. The molecule has 0 aromatic rings. The molecule has 0 aliphatic carbocycles. The molecule has 0 saturated carbocycles. The summed E-state index contributed by atoms with van der Waals surface area (Å²) in [4.78, 5) is 0. The van der Waals surface area contributed by atoms with Crippen LogP contribution in [0, 0.1) is 0 Å². The highest BCUT2D eigenvalue weighted by molar-refractivity contribution is 4.63. The lowest BCUT2D eigenvalue weighted by Crippen LogP contribution is -1.92. The fourth-order valence-corrected chi connectivity index (χ4v) is 0.621. The largest absolute Gasteiger partial charge is 0.377 e. The molecule has 0 spiro atoms. The lowest BCUT2D eigenvalue weighted by molar-refractivity contribution is 0.158. The standard InChI is InChI=1S/C8H16O/c1-3-5-6-8-9-7-4-2/h4H,2-3,5-8H2,1H3/i8+2. The van der Waals surface area contributed by atoms with Crippen molar-refractivity contribution in [3.05, 3.63) is 12.7 Å². The first-order valence-corrected chi connectivity index (χ1v) is 3.60. The van der Waals surface area contributed by atoms with Crippen molar-refractivity contribution in [2.75, 3.05) is 13.2 Å². The van der Waals surface area contributed by atoms with Gasteiger partial charge in [0.05, 0.1) is 6.61 Å². The maximum Gasteiger partial charge on any atom is 0.0644 e. The lowest BCUT2D eigenvalue weighted by atomic mass is 10.3. The molecular formula is C8H16O. The van der Waals surface area contributed by atoms with Crippen molar-refractivity contribution in [1.82, 2.24) is 0 Å². The van der Waals surface area contributed by atoms with Crippen molar-refractivity contribution in [2.45, 2.75) is 26.2 Å². The summed E-state index contributed by atoms with van der Waals surface area (Å²) in [6.45, 7) is 7.33. The van der Waals surface area contributed by atoms with Crippen LogP contribution in [0.3, 0.4) is 0 Å². The Morgan fingerprint density at radius 1 is 1.67 bits per heavy atom. The van der Waals surface area contributed by atoms with E-state index in [9.17, 15) is 0 Å². The highest BCUT2D eigenvalue weighted by Gasteiger charge is 1.83. The molecule has 54 valence electrons. The minimum atomic E-state index is 0.698. The summed E-state index contributed by atoms with van der Waals surface area (Å²) < 4.78 is 5.17. The third kappa shape index (κ3) is 7.70. The van der Waals surface area contributed by atoms with Crippen LogP contribution in [0.25, 0.3) is 0 Å². The average molecular weight is 130 g/mol. The zero-order valence-corrected chi connectivity index (χ0v) is 6.23. The van der Waals surface area contributed by atoms with Crippen LogP contribution >= 0.6 is 0 Å². The summed E-state index contributed by atoms with van der Waals surface area (Å²) in [6.07, 6.45) is 5.50. The second-order valence-corrected chi connectivity index (χ2v) is 2.07. The average Bonchev–Trinajstić information content (AvgIpc) is 1.89. The Labute approximate surface area is 57.7 Å². The molecule has 0 unspecified atom stereocenters. The molecule has 0 fully saturated rings. The minimum Gasteiger partial charge on any atom is -0.377 e. The Bertz CT molecular complexity index is 59.6. The van der Waals surface area contributed by atoms with Gasteiger partial charge in [0.25, 0.3) is 0 Å². The number of ether oxygens (including phenoxy) is 1. The highest BCUT2D eigenvalue weighted by Crippen LogP contribution is 1.93. The SMILES string of the molecule is C=CCO[14CH2]CCCC. The zero-order valence-electron chi connectivity index (χ0n) is 6.23. The van der Waals surface area contributed by atoms with Crippen LogP contribution < -0.4 is 0 Å². The topological polar surface area (TPSA) is 9.23 Å². The van der Waals surface area contributed by atoms with Gasteiger partial charge in [0.15, 0.2) is 0 Å². The molecule has 0 aliphatic rings. The van der Waals surface area contributed by atoms with E-state index in [1.54, 1.807) is 6.08 Å². The van der Waals surface area contributed by atoms with Gasteiger partial charge >= 0.3 is 0 Å². The monoisotopic (exact) mass is 130 g/mol. The van der Waals surface area contributed by atoms with E-state index in [1.165, 1.54) is 19.3 Å². The fraction of sp³-hybridized carbons (Fsp3) is 0.750. The first-order chi connectivity index (χ1) is 4.41. The van der Waals surface area contributed by atoms with Crippen LogP contribution in [0.2, 0.25) is 0 Å². The fourth-order valence-electron chi connectivity index (χ4n) is 0.621. The van der Waals surface area contributed by atoms with Crippen LogP contribution in [0.1, 0.15) is 26.2 Å². The van der Waals surface area contributed by atoms with Gasteiger partial charge in [-0.2, -0.15) is 0 Å². The number of hydrogen-bond donors (Lipinski definition) is 0. The molecule has 0 N–H and O–H groups in total. The molecule has 0 rings (SSSR count). The van der Waals surface area contributed by atoms with Crippen LogP contribution in [0.5, 0.6) is 0 Å². The molecule has 0 aliphatic heterocycles. The van der Waals surface area contributed by atoms with Gasteiger partial charge in [-0.3, -0.25) is 0 Å². The predicted octanol–water partition coefficient (Wildman–Crippen LogP) is 2.38. The van der Waals surface area contributed by atoms with Crippen molar-refractivity contribution in [2.24, 2.45) is 0 Å². The number of rotatable bonds is 6. The van der Waals surface area contributed by atoms with E-state index in [1.807, 2.05) is 0 Å². The smallest absolute Gasteiger partial charge is 0.0644 e. The van der Waals surface area contributed by atoms with Crippen molar-refractivity contribution < 1.29 is 4.74 Å². The molecule has 0 bridgehead atoms. The summed E-state index contributed by atoms with van der Waals surface area (Å²) >= 11 is 0. The Morgan fingerprint density at radius 2 is 2.44 bits per heavy atom. The summed E-state index contributed by atoms with van der Waals surface area (Å²) in [5, 5.41) is 0. The first kappa shape index (κ1) is 8.70. The summed E-state index contributed by atoms with van der Waals surface area (Å²) in [7, 11) is 0. The van der Waals surface area contributed by atoms with Crippen LogP contribution in [-0.2, 0) is 4.74 Å². The molecule has 0 aromatic heterocycles. The Balaban J connectivity index is 2.66. The van der Waals surface area contributed by atoms with Gasteiger partial charge in [-0.15, -0.1) is 6.58 Å². The molecule has 0 atom stereocenters. The third-order valence-electron chi connectivity index (χ3n) is 1.13. The molecule has 0 saturated heterocycles. The second-order valence-electron chi connectivity index (χ2n) is 2.07. The van der Waals surface area contributed by atoms with E-state index in [0.29, 0.717) is 6.61 Å². The molecule has 0 amide bonds. The van der Waals surface area contributed by atoms with Crippen molar-refractivity contribution in [1.29, 1.82) is 0 Å². The van der Waals surface area contributed by atoms with Gasteiger partial charge < -0.3 is 4.74 Å². The molecule has 1 heteroatoms. The Morgan fingerprint density at radius 3 is 3.00 bits per heavy atom. The van der Waals surface area contributed by atoms with Gasteiger partial charge in [-0.05, 0) is 6.42 Å². The molecular weight excluding hydrogens is 114 g/mol. The van der Waals surface area contributed by atoms with Gasteiger partial charge in [0.2, 0.25) is 0 Å². The zero-order chi connectivity index (χ0) is 6.95. The molecule has 0 aromatic carbocycles. The van der Waals surface area contributed by atoms with Crippen molar-refractivity contribution in [3.8, 4) is 0 Å². The normalized spacial score (nSPS) is 9.44. The quantitative estimate of drug-likeness (QED) is 0.396. The molecule has 1 nitrogen and oxygen atoms in total.